The average molecular weight is 572 g/mol. The van der Waals surface area contributed by atoms with Crippen LogP contribution in [0, 0.1) is 5.92 Å². The number of halogens is 3. The zero-order chi connectivity index (χ0) is 28.1. The van der Waals surface area contributed by atoms with Crippen LogP contribution in [-0.4, -0.2) is 43.1 Å². The topological polar surface area (TPSA) is 135 Å². The molecule has 3 rings (SSSR count). The van der Waals surface area contributed by atoms with Crippen LogP contribution in [0.15, 0.2) is 60.0 Å². The van der Waals surface area contributed by atoms with Crippen LogP contribution in [0.5, 0.6) is 0 Å². The lowest BCUT2D eigenvalue weighted by atomic mass is 9.90. The number of carbonyl (C=O) groups excluding carboxylic acids is 2. The van der Waals surface area contributed by atoms with Gasteiger partial charge >= 0.3 is 22.4 Å². The molecule has 0 aliphatic carbocycles. The second-order valence-corrected chi connectivity index (χ2v) is 10.5. The van der Waals surface area contributed by atoms with Gasteiger partial charge in [0.15, 0.2) is 0 Å². The predicted molar refractivity (Wildman–Crippen MR) is 134 cm³/mol. The molecule has 2 atom stereocenters. The van der Waals surface area contributed by atoms with Gasteiger partial charge in [-0.1, -0.05) is 42.5 Å². The van der Waals surface area contributed by atoms with Crippen LogP contribution < -0.4 is 10.0 Å². The fraction of sp³-hybridized carbons (Fsp3) is 0.292. The van der Waals surface area contributed by atoms with E-state index in [1.165, 1.54) is 36.6 Å². The van der Waals surface area contributed by atoms with Crippen molar-refractivity contribution in [3.05, 3.63) is 81.8 Å². The lowest BCUT2D eigenvalue weighted by molar-refractivity contribution is -0.150. The minimum Gasteiger partial charge on any atom is -0.468 e. The van der Waals surface area contributed by atoms with E-state index >= 15 is 0 Å². The number of nitrogens with one attached hydrogen (secondary N) is 2. The van der Waals surface area contributed by atoms with Gasteiger partial charge in [0.25, 0.3) is 0 Å². The van der Waals surface area contributed by atoms with Crippen molar-refractivity contribution in [1.82, 2.24) is 10.3 Å². The Balaban J connectivity index is 2.01. The Labute approximate surface area is 220 Å². The molecule has 9 nitrogen and oxygen atoms in total. The van der Waals surface area contributed by atoms with Gasteiger partial charge in [-0.25, -0.2) is 4.98 Å². The van der Waals surface area contributed by atoms with Crippen LogP contribution in [-0.2, 0) is 43.0 Å². The van der Waals surface area contributed by atoms with Crippen LogP contribution in [0.3, 0.4) is 0 Å². The molecule has 0 aliphatic rings. The SMILES string of the molecule is COC(=O)[C@@H](Cc1ccccc1)C(=O)N[C@@](C)(c1ccc(NS(=O)(=O)O)cc1)c1nc(CC(F)(F)F)cs1. The summed E-state index contributed by atoms with van der Waals surface area (Å²) < 4.78 is 76.9. The molecule has 0 saturated carbocycles. The molecule has 2 aromatic carbocycles. The van der Waals surface area contributed by atoms with Crippen molar-refractivity contribution in [2.24, 2.45) is 5.92 Å². The Hall–Kier alpha value is -3.49. The largest absolute Gasteiger partial charge is 0.468 e. The van der Waals surface area contributed by atoms with Gasteiger partial charge in [-0.2, -0.15) is 21.6 Å². The van der Waals surface area contributed by atoms with Crippen LogP contribution in [0.2, 0.25) is 0 Å². The van der Waals surface area contributed by atoms with Crippen LogP contribution in [0.1, 0.15) is 28.8 Å². The number of anilines is 1. The van der Waals surface area contributed by atoms with E-state index < -0.39 is 46.2 Å². The number of amides is 1. The first-order chi connectivity index (χ1) is 17.7. The van der Waals surface area contributed by atoms with Crippen molar-refractivity contribution < 1.29 is 40.5 Å². The molecule has 0 radical (unpaired) electrons. The molecule has 1 amide bonds. The molecule has 0 saturated heterocycles. The van der Waals surface area contributed by atoms with E-state index in [-0.39, 0.29) is 22.8 Å². The summed E-state index contributed by atoms with van der Waals surface area (Å²) in [6.45, 7) is 1.50. The fourth-order valence-corrected chi connectivity index (χ4v) is 5.09. The summed E-state index contributed by atoms with van der Waals surface area (Å²) >= 11 is 0.885. The van der Waals surface area contributed by atoms with Crippen LogP contribution in [0.4, 0.5) is 18.9 Å². The predicted octanol–water partition coefficient (Wildman–Crippen LogP) is 3.87. The number of nitrogens with zero attached hydrogens (tertiary/aromatic N) is 1. The van der Waals surface area contributed by atoms with Gasteiger partial charge in [0.1, 0.15) is 16.5 Å². The molecule has 1 aromatic heterocycles. The van der Waals surface area contributed by atoms with E-state index in [0.29, 0.717) is 11.1 Å². The molecule has 3 aromatic rings. The molecule has 0 aliphatic heterocycles. The molecule has 38 heavy (non-hydrogen) atoms. The van der Waals surface area contributed by atoms with Gasteiger partial charge in [0.05, 0.1) is 24.9 Å². The lowest BCUT2D eigenvalue weighted by Gasteiger charge is -2.31. The summed E-state index contributed by atoms with van der Waals surface area (Å²) in [7, 11) is -3.42. The highest BCUT2D eigenvalue weighted by Gasteiger charge is 2.39. The summed E-state index contributed by atoms with van der Waals surface area (Å²) in [5.74, 6) is -2.84. The van der Waals surface area contributed by atoms with Crippen LogP contribution >= 0.6 is 11.3 Å². The van der Waals surface area contributed by atoms with Gasteiger partial charge < -0.3 is 10.1 Å². The molecule has 14 heteroatoms. The number of methoxy groups -OCH3 is 1. The second kappa shape index (κ2) is 11.5. The number of rotatable bonds is 10. The molecule has 204 valence electrons. The number of thiazole rings is 1. The lowest BCUT2D eigenvalue weighted by Crippen LogP contribution is -2.49. The van der Waals surface area contributed by atoms with Gasteiger partial charge in [-0.15, -0.1) is 11.3 Å². The number of aromatic nitrogens is 1. The maximum absolute atomic E-state index is 13.5. The Morgan fingerprint density at radius 1 is 1.11 bits per heavy atom. The second-order valence-electron chi connectivity index (χ2n) is 8.47. The molecular formula is C24H24F3N3O6S2. The van der Waals surface area contributed by atoms with Gasteiger partial charge in [0.2, 0.25) is 5.91 Å². The molecule has 1 heterocycles. The fourth-order valence-electron chi connectivity index (χ4n) is 3.70. The Bertz CT molecular complexity index is 1380. The minimum atomic E-state index is -4.55. The van der Waals surface area contributed by atoms with E-state index in [1.807, 2.05) is 4.72 Å². The highest BCUT2D eigenvalue weighted by molar-refractivity contribution is 7.87. The summed E-state index contributed by atoms with van der Waals surface area (Å²) in [4.78, 5) is 30.1. The number of hydrogen-bond acceptors (Lipinski definition) is 7. The molecule has 0 unspecified atom stereocenters. The van der Waals surface area contributed by atoms with Crippen molar-refractivity contribution in [1.29, 1.82) is 0 Å². The van der Waals surface area contributed by atoms with Gasteiger partial charge in [-0.3, -0.25) is 18.9 Å². The van der Waals surface area contributed by atoms with Gasteiger partial charge in [0, 0.05) is 5.38 Å². The van der Waals surface area contributed by atoms with Crippen LogP contribution in [0.25, 0.3) is 0 Å². The molecular weight excluding hydrogens is 547 g/mol. The number of benzene rings is 2. The Morgan fingerprint density at radius 2 is 1.74 bits per heavy atom. The first-order valence-corrected chi connectivity index (χ1v) is 13.3. The number of hydrogen-bond donors (Lipinski definition) is 3. The maximum atomic E-state index is 13.5. The smallest absolute Gasteiger partial charge is 0.394 e. The highest BCUT2D eigenvalue weighted by atomic mass is 32.2. The number of esters is 1. The first-order valence-electron chi connectivity index (χ1n) is 11.0. The van der Waals surface area contributed by atoms with E-state index in [4.69, 9.17) is 9.29 Å². The highest BCUT2D eigenvalue weighted by Crippen LogP contribution is 2.34. The third-order valence-electron chi connectivity index (χ3n) is 5.53. The number of alkyl halides is 3. The van der Waals surface area contributed by atoms with Gasteiger partial charge in [-0.05, 0) is 36.6 Å². The van der Waals surface area contributed by atoms with E-state index in [1.54, 1.807) is 30.3 Å². The standard InChI is InChI=1S/C24H24F3N3O6S2/c1-23(22-28-18(14-37-22)13-24(25,26)27,16-8-10-17(11-9-16)30-38(33,34)35)29-20(31)19(21(32)36-2)12-15-6-4-3-5-7-15/h3-11,14,19,30H,12-13H2,1-2H3,(H,29,31)(H,33,34,35)/t19-,23-/m0/s1. The number of carbonyl (C=O) groups is 2. The molecule has 0 fully saturated rings. The van der Waals surface area contributed by atoms with E-state index in [9.17, 15) is 31.2 Å². The summed E-state index contributed by atoms with van der Waals surface area (Å²) in [6.07, 6.45) is -5.77. The average Bonchev–Trinajstić information content (AvgIpc) is 3.29. The minimum absolute atomic E-state index is 0.00154. The third-order valence-corrected chi connectivity index (χ3v) is 7.13. The molecule has 0 bridgehead atoms. The Morgan fingerprint density at radius 3 is 2.29 bits per heavy atom. The molecule has 0 spiro atoms. The van der Waals surface area contributed by atoms with E-state index in [0.717, 1.165) is 18.4 Å². The van der Waals surface area contributed by atoms with E-state index in [2.05, 4.69) is 10.3 Å². The van der Waals surface area contributed by atoms with Crippen molar-refractivity contribution in [2.75, 3.05) is 11.8 Å². The zero-order valence-corrected chi connectivity index (χ0v) is 21.8. The summed E-state index contributed by atoms with van der Waals surface area (Å²) in [5.41, 5.74) is -0.773. The quantitative estimate of drug-likeness (QED) is 0.191. The molecule has 3 N–H and O–H groups in total. The Kier molecular flexibility index (Phi) is 8.79. The monoisotopic (exact) mass is 571 g/mol. The summed E-state index contributed by atoms with van der Waals surface area (Å²) in [5, 5.41) is 4.07. The maximum Gasteiger partial charge on any atom is 0.394 e. The zero-order valence-electron chi connectivity index (χ0n) is 20.2. The normalized spacial score (nSPS) is 14.3. The van der Waals surface area contributed by atoms with Crippen molar-refractivity contribution in [3.63, 3.8) is 0 Å². The summed E-state index contributed by atoms with van der Waals surface area (Å²) in [6, 6.07) is 14.1. The van der Waals surface area contributed by atoms with Crippen molar-refractivity contribution in [2.45, 2.75) is 31.5 Å². The van der Waals surface area contributed by atoms with Crippen molar-refractivity contribution >= 4 is 39.2 Å². The van der Waals surface area contributed by atoms with Crippen molar-refractivity contribution in [3.8, 4) is 0 Å². The first kappa shape index (κ1) is 29.1. The number of ether oxygens (including phenoxy) is 1. The third kappa shape index (κ3) is 7.76.